The van der Waals surface area contributed by atoms with Crippen molar-refractivity contribution in [1.29, 1.82) is 0 Å². The first-order valence-electron chi connectivity index (χ1n) is 10.2. The predicted octanol–water partition coefficient (Wildman–Crippen LogP) is 5.20. The zero-order valence-electron chi connectivity index (χ0n) is 17.9. The second-order valence-corrected chi connectivity index (χ2v) is 7.09. The molecule has 5 heteroatoms. The number of carbonyl (C=O) groups excluding carboxylic acids is 2. The van der Waals surface area contributed by atoms with Gasteiger partial charge in [-0.25, -0.2) is 0 Å². The molecule has 4 nitrogen and oxygen atoms in total. The maximum Gasteiger partial charge on any atom is 0.195 e. The van der Waals surface area contributed by atoms with Gasteiger partial charge in [0.1, 0.15) is 12.2 Å². The van der Waals surface area contributed by atoms with Crippen molar-refractivity contribution < 1.29 is 41.5 Å². The molecule has 2 atom stereocenters. The van der Waals surface area contributed by atoms with E-state index in [2.05, 4.69) is 0 Å². The molecular weight excluding hydrogens is 448 g/mol. The molecule has 0 saturated heterocycles. The first kappa shape index (κ1) is 26.1. The molecule has 4 rings (SSSR count). The Bertz CT molecular complexity index is 1020. The Kier molecular flexibility index (Phi) is 10.6. The molecule has 0 aliphatic heterocycles. The Morgan fingerprint density at radius 2 is 0.697 bits per heavy atom. The number of carbonyl (C=O) groups is 2. The minimum Gasteiger partial charge on any atom is -0.380 e. The summed E-state index contributed by atoms with van der Waals surface area (Å²) in [5.41, 5.74) is 2.30. The molecule has 0 aromatic heterocycles. The van der Waals surface area contributed by atoms with E-state index in [1.807, 2.05) is 24.3 Å². The largest absolute Gasteiger partial charge is 0.380 e. The van der Waals surface area contributed by atoms with Gasteiger partial charge in [-0.1, -0.05) is 121 Å². The molecule has 0 bridgehead atoms. The third-order valence-corrected chi connectivity index (χ3v) is 4.84. The zero-order chi connectivity index (χ0) is 22.8. The number of aliphatic hydroxyl groups excluding tert-OH is 2. The van der Waals surface area contributed by atoms with E-state index in [0.29, 0.717) is 22.3 Å². The van der Waals surface area contributed by atoms with Crippen LogP contribution < -0.4 is 0 Å². The van der Waals surface area contributed by atoms with Crippen molar-refractivity contribution in [2.24, 2.45) is 0 Å². The first-order chi connectivity index (χ1) is 15.6. The molecular formula is C28H24O4Ti. The summed E-state index contributed by atoms with van der Waals surface area (Å²) < 4.78 is 0. The monoisotopic (exact) mass is 472 g/mol. The van der Waals surface area contributed by atoms with E-state index >= 15 is 0 Å². The number of aliphatic hydroxyl groups is 2. The van der Waals surface area contributed by atoms with Crippen LogP contribution in [0, 0.1) is 0 Å². The van der Waals surface area contributed by atoms with Gasteiger partial charge in [0.2, 0.25) is 0 Å². The van der Waals surface area contributed by atoms with E-state index in [4.69, 9.17) is 0 Å². The predicted molar refractivity (Wildman–Crippen MR) is 124 cm³/mol. The van der Waals surface area contributed by atoms with Gasteiger partial charge in [0, 0.05) is 32.8 Å². The van der Waals surface area contributed by atoms with Crippen LogP contribution in [0.4, 0.5) is 0 Å². The maximum absolute atomic E-state index is 11.9. The summed E-state index contributed by atoms with van der Waals surface area (Å²) in [6.07, 6.45) is -2.16. The zero-order valence-corrected chi connectivity index (χ0v) is 19.5. The fourth-order valence-electron chi connectivity index (χ4n) is 3.09. The molecule has 33 heavy (non-hydrogen) atoms. The van der Waals surface area contributed by atoms with Gasteiger partial charge in [-0.05, 0) is 11.1 Å². The van der Waals surface area contributed by atoms with Gasteiger partial charge < -0.3 is 10.2 Å². The molecule has 2 N–H and O–H groups in total. The van der Waals surface area contributed by atoms with E-state index < -0.39 is 12.2 Å². The fraction of sp³-hybridized carbons (Fsp3) is 0.0714. The Hall–Kier alpha value is -3.15. The SMILES string of the molecule is O=C(c1ccccc1)C(O)c1ccccc1.O=C(c1ccccc1)C(O)c1ccccc1.[Ti]. The number of hydrogen-bond donors (Lipinski definition) is 2. The minimum atomic E-state index is -1.08. The van der Waals surface area contributed by atoms with Crippen LogP contribution in [0.2, 0.25) is 0 Å². The number of rotatable bonds is 6. The smallest absolute Gasteiger partial charge is 0.195 e. The van der Waals surface area contributed by atoms with E-state index in [1.165, 1.54) is 0 Å². The third kappa shape index (κ3) is 7.45. The van der Waals surface area contributed by atoms with Crippen molar-refractivity contribution in [1.82, 2.24) is 0 Å². The maximum atomic E-state index is 11.9. The number of Topliss-reactive ketones (excluding diaryl/α,β-unsaturated/α-hetero) is 2. The average molecular weight is 472 g/mol. The van der Waals surface area contributed by atoms with Crippen molar-refractivity contribution in [2.45, 2.75) is 12.2 Å². The minimum absolute atomic E-state index is 0. The standard InChI is InChI=1S/2C14H12O2.Ti/c2*15-13(11-7-3-1-4-8-11)14(16)12-9-5-2-6-10-12;/h2*1-10,13,15H;. The van der Waals surface area contributed by atoms with Gasteiger partial charge in [-0.3, -0.25) is 9.59 Å². The fourth-order valence-corrected chi connectivity index (χ4v) is 3.09. The van der Waals surface area contributed by atoms with Gasteiger partial charge >= 0.3 is 0 Å². The van der Waals surface area contributed by atoms with Crippen molar-refractivity contribution >= 4 is 11.6 Å². The van der Waals surface area contributed by atoms with Crippen LogP contribution in [0.15, 0.2) is 121 Å². The van der Waals surface area contributed by atoms with Gasteiger partial charge in [0.25, 0.3) is 0 Å². The average Bonchev–Trinajstić information content (AvgIpc) is 2.89. The topological polar surface area (TPSA) is 74.6 Å². The molecule has 0 amide bonds. The molecule has 0 fully saturated rings. The van der Waals surface area contributed by atoms with E-state index in [-0.39, 0.29) is 33.3 Å². The normalized spacial score (nSPS) is 11.7. The summed E-state index contributed by atoms with van der Waals surface area (Å²) >= 11 is 0. The van der Waals surface area contributed by atoms with Gasteiger partial charge in [-0.2, -0.15) is 0 Å². The molecule has 0 aliphatic carbocycles. The molecule has 164 valence electrons. The van der Waals surface area contributed by atoms with Gasteiger partial charge in [-0.15, -0.1) is 0 Å². The van der Waals surface area contributed by atoms with Crippen molar-refractivity contribution in [3.05, 3.63) is 144 Å². The van der Waals surface area contributed by atoms with Crippen molar-refractivity contribution in [2.75, 3.05) is 0 Å². The van der Waals surface area contributed by atoms with Crippen LogP contribution in [0.5, 0.6) is 0 Å². The van der Waals surface area contributed by atoms with Crippen LogP contribution in [0.1, 0.15) is 44.1 Å². The summed E-state index contributed by atoms with van der Waals surface area (Å²) in [5.74, 6) is -0.543. The summed E-state index contributed by atoms with van der Waals surface area (Å²) in [5, 5.41) is 19.8. The Balaban J connectivity index is 0.000000227. The summed E-state index contributed by atoms with van der Waals surface area (Å²) in [7, 11) is 0. The van der Waals surface area contributed by atoms with Crippen LogP contribution in [0.3, 0.4) is 0 Å². The van der Waals surface area contributed by atoms with Crippen LogP contribution in [-0.4, -0.2) is 21.8 Å². The molecule has 2 unspecified atom stereocenters. The molecule has 4 aromatic carbocycles. The summed E-state index contributed by atoms with van der Waals surface area (Å²) in [4.78, 5) is 23.8. The molecule has 4 aromatic rings. The van der Waals surface area contributed by atoms with Crippen LogP contribution in [-0.2, 0) is 21.7 Å². The number of benzene rings is 4. The molecule has 0 saturated carbocycles. The van der Waals surface area contributed by atoms with Gasteiger partial charge in [0.05, 0.1) is 0 Å². The molecule has 0 radical (unpaired) electrons. The summed E-state index contributed by atoms with van der Waals surface area (Å²) in [6.45, 7) is 0. The number of hydrogen-bond acceptors (Lipinski definition) is 4. The first-order valence-corrected chi connectivity index (χ1v) is 10.2. The molecule has 0 spiro atoms. The van der Waals surface area contributed by atoms with E-state index in [1.54, 1.807) is 97.1 Å². The Labute approximate surface area is 208 Å². The van der Waals surface area contributed by atoms with E-state index in [0.717, 1.165) is 0 Å². The number of ketones is 2. The van der Waals surface area contributed by atoms with Crippen LogP contribution in [0.25, 0.3) is 0 Å². The van der Waals surface area contributed by atoms with E-state index in [9.17, 15) is 19.8 Å². The van der Waals surface area contributed by atoms with Crippen LogP contribution >= 0.6 is 0 Å². The molecule has 0 heterocycles. The summed E-state index contributed by atoms with van der Waals surface area (Å²) in [6, 6.07) is 35.5. The Morgan fingerprint density at radius 3 is 0.970 bits per heavy atom. The van der Waals surface area contributed by atoms with Gasteiger partial charge in [0.15, 0.2) is 11.6 Å². The van der Waals surface area contributed by atoms with Crippen molar-refractivity contribution in [3.8, 4) is 0 Å². The molecule has 0 aliphatic rings. The van der Waals surface area contributed by atoms with Crippen molar-refractivity contribution in [3.63, 3.8) is 0 Å². The second-order valence-electron chi connectivity index (χ2n) is 7.09. The third-order valence-electron chi connectivity index (χ3n) is 4.84. The quantitative estimate of drug-likeness (QED) is 0.299. The Morgan fingerprint density at radius 1 is 0.455 bits per heavy atom. The second kappa shape index (κ2) is 13.4.